The SMILES string of the molecule is Cc1cc(OCP(=O)(O)O)cc(C)c1Cc1ccc(O)c(C(C)C)n1. The molecule has 0 spiro atoms. The molecule has 136 valence electrons. The first-order chi connectivity index (χ1) is 11.6. The molecule has 7 heteroatoms. The molecule has 25 heavy (non-hydrogen) atoms. The molecule has 1 heterocycles. The first kappa shape index (κ1) is 19.4. The van der Waals surface area contributed by atoms with Crippen molar-refractivity contribution in [3.05, 3.63) is 52.3 Å². The molecule has 0 saturated carbocycles. The van der Waals surface area contributed by atoms with E-state index >= 15 is 0 Å². The number of benzene rings is 1. The van der Waals surface area contributed by atoms with Gasteiger partial charge in [0.1, 0.15) is 11.5 Å². The van der Waals surface area contributed by atoms with Gasteiger partial charge < -0.3 is 19.6 Å². The third kappa shape index (κ3) is 5.30. The van der Waals surface area contributed by atoms with Crippen LogP contribution in [0, 0.1) is 13.8 Å². The smallest absolute Gasteiger partial charge is 0.362 e. The molecule has 0 radical (unpaired) electrons. The molecule has 2 rings (SSSR count). The second kappa shape index (κ2) is 7.56. The van der Waals surface area contributed by atoms with E-state index < -0.39 is 13.9 Å². The predicted molar refractivity (Wildman–Crippen MR) is 96.3 cm³/mol. The van der Waals surface area contributed by atoms with Crippen LogP contribution in [0.2, 0.25) is 0 Å². The second-order valence-corrected chi connectivity index (χ2v) is 8.10. The fraction of sp³-hybridized carbons (Fsp3) is 0.389. The standard InChI is InChI=1S/C18H24NO5P/c1-11(2)18-17(20)6-5-14(19-18)9-16-12(3)7-15(8-13(16)4)24-10-25(21,22)23/h5-8,11,20H,9-10H2,1-4H3,(H2,21,22,23). The first-order valence-electron chi connectivity index (χ1n) is 8.03. The van der Waals surface area contributed by atoms with Crippen molar-refractivity contribution in [3.63, 3.8) is 0 Å². The van der Waals surface area contributed by atoms with E-state index in [9.17, 15) is 9.67 Å². The molecule has 0 amide bonds. The average molecular weight is 365 g/mol. The van der Waals surface area contributed by atoms with Gasteiger partial charge >= 0.3 is 7.60 Å². The number of rotatable bonds is 6. The van der Waals surface area contributed by atoms with Gasteiger partial charge in [-0.2, -0.15) is 0 Å². The molecule has 0 atom stereocenters. The van der Waals surface area contributed by atoms with Crippen LogP contribution in [0.15, 0.2) is 24.3 Å². The average Bonchev–Trinajstić information content (AvgIpc) is 2.49. The van der Waals surface area contributed by atoms with Crippen molar-refractivity contribution in [3.8, 4) is 11.5 Å². The van der Waals surface area contributed by atoms with Crippen molar-refractivity contribution in [2.24, 2.45) is 0 Å². The van der Waals surface area contributed by atoms with Crippen molar-refractivity contribution >= 4 is 7.60 Å². The number of aromatic nitrogens is 1. The maximum Gasteiger partial charge on any atom is 0.362 e. The molecule has 2 aromatic rings. The molecule has 0 fully saturated rings. The normalized spacial score (nSPS) is 11.8. The lowest BCUT2D eigenvalue weighted by Gasteiger charge is -2.15. The van der Waals surface area contributed by atoms with E-state index in [2.05, 4.69) is 4.98 Å². The summed E-state index contributed by atoms with van der Waals surface area (Å²) in [7, 11) is -4.20. The molecule has 3 N–H and O–H groups in total. The van der Waals surface area contributed by atoms with Crippen molar-refractivity contribution < 1.29 is 24.2 Å². The summed E-state index contributed by atoms with van der Waals surface area (Å²) in [5, 5.41) is 9.90. The molecule has 0 bridgehead atoms. The first-order valence-corrected chi connectivity index (χ1v) is 9.83. The van der Waals surface area contributed by atoms with Gasteiger partial charge in [-0.25, -0.2) is 0 Å². The monoisotopic (exact) mass is 365 g/mol. The van der Waals surface area contributed by atoms with Crippen LogP contribution in [0.3, 0.4) is 0 Å². The molecule has 0 aliphatic rings. The Hall–Kier alpha value is -1.88. The highest BCUT2D eigenvalue weighted by Crippen LogP contribution is 2.35. The molecule has 0 unspecified atom stereocenters. The lowest BCUT2D eigenvalue weighted by molar-refractivity contribution is 0.300. The van der Waals surface area contributed by atoms with Crippen LogP contribution in [0.1, 0.15) is 47.8 Å². The van der Waals surface area contributed by atoms with Gasteiger partial charge in [-0.05, 0) is 60.7 Å². The highest BCUT2D eigenvalue weighted by Gasteiger charge is 2.15. The Morgan fingerprint density at radius 2 is 1.76 bits per heavy atom. The van der Waals surface area contributed by atoms with Crippen LogP contribution in [-0.4, -0.2) is 26.2 Å². The Morgan fingerprint density at radius 1 is 1.16 bits per heavy atom. The van der Waals surface area contributed by atoms with Crippen LogP contribution in [-0.2, 0) is 11.0 Å². The number of hydrogen-bond acceptors (Lipinski definition) is 4. The minimum absolute atomic E-state index is 0.130. The summed E-state index contributed by atoms with van der Waals surface area (Å²) in [5.41, 5.74) is 4.53. The Bertz CT molecular complexity index is 790. The molecule has 1 aromatic carbocycles. The fourth-order valence-corrected chi connectivity index (χ4v) is 3.01. The zero-order valence-corrected chi connectivity index (χ0v) is 15.7. The Labute approximate surface area is 147 Å². The lowest BCUT2D eigenvalue weighted by atomic mass is 9.97. The number of pyridine rings is 1. The zero-order chi connectivity index (χ0) is 18.8. The Kier molecular flexibility index (Phi) is 5.88. The largest absolute Gasteiger partial charge is 0.506 e. The number of hydrogen-bond donors (Lipinski definition) is 3. The minimum atomic E-state index is -4.20. The molecule has 0 saturated heterocycles. The maximum absolute atomic E-state index is 10.9. The number of aryl methyl sites for hydroxylation is 2. The van der Waals surface area contributed by atoms with Crippen LogP contribution in [0.25, 0.3) is 0 Å². The van der Waals surface area contributed by atoms with E-state index in [1.54, 1.807) is 24.3 Å². The van der Waals surface area contributed by atoms with Crippen molar-refractivity contribution in [2.45, 2.75) is 40.0 Å². The number of aromatic hydroxyl groups is 1. The highest BCUT2D eigenvalue weighted by molar-refractivity contribution is 7.51. The second-order valence-electron chi connectivity index (χ2n) is 6.51. The number of ether oxygens (including phenoxy) is 1. The van der Waals surface area contributed by atoms with Crippen molar-refractivity contribution in [1.82, 2.24) is 4.98 Å². The zero-order valence-electron chi connectivity index (χ0n) is 14.9. The van der Waals surface area contributed by atoms with Gasteiger partial charge in [-0.1, -0.05) is 13.8 Å². The van der Waals surface area contributed by atoms with E-state index in [0.29, 0.717) is 17.9 Å². The summed E-state index contributed by atoms with van der Waals surface area (Å²) in [6.45, 7) is 7.82. The molecule has 0 aliphatic heterocycles. The van der Waals surface area contributed by atoms with E-state index in [0.717, 1.165) is 22.4 Å². The van der Waals surface area contributed by atoms with Gasteiger partial charge in [0.05, 0.1) is 5.69 Å². The van der Waals surface area contributed by atoms with E-state index in [1.807, 2.05) is 27.7 Å². The van der Waals surface area contributed by atoms with Gasteiger partial charge in [0.2, 0.25) is 0 Å². The third-order valence-electron chi connectivity index (χ3n) is 3.93. The van der Waals surface area contributed by atoms with Gasteiger partial charge in [-0.15, -0.1) is 0 Å². The van der Waals surface area contributed by atoms with Gasteiger partial charge in [0.15, 0.2) is 6.35 Å². The molecule has 6 nitrogen and oxygen atoms in total. The Morgan fingerprint density at radius 3 is 2.28 bits per heavy atom. The van der Waals surface area contributed by atoms with E-state index in [4.69, 9.17) is 14.5 Å². The summed E-state index contributed by atoms with van der Waals surface area (Å²) < 4.78 is 16.1. The topological polar surface area (TPSA) is 99.9 Å². The molecule has 0 aliphatic carbocycles. The van der Waals surface area contributed by atoms with Gasteiger partial charge in [0, 0.05) is 12.1 Å². The molecule has 1 aromatic heterocycles. The fourth-order valence-electron chi connectivity index (χ4n) is 2.69. The Balaban J connectivity index is 2.26. The third-order valence-corrected chi connectivity index (χ3v) is 4.40. The quantitative estimate of drug-likeness (QED) is 0.676. The number of nitrogens with zero attached hydrogens (tertiary/aromatic N) is 1. The summed E-state index contributed by atoms with van der Waals surface area (Å²) in [4.78, 5) is 22.4. The van der Waals surface area contributed by atoms with E-state index in [-0.39, 0.29) is 11.7 Å². The summed E-state index contributed by atoms with van der Waals surface area (Å²) in [6.07, 6.45) is -0.0288. The van der Waals surface area contributed by atoms with E-state index in [1.165, 1.54) is 0 Å². The lowest BCUT2D eigenvalue weighted by Crippen LogP contribution is -2.03. The summed E-state index contributed by atoms with van der Waals surface area (Å²) in [6, 6.07) is 7.00. The molecular formula is C18H24NO5P. The summed E-state index contributed by atoms with van der Waals surface area (Å²) in [5.74, 6) is 0.766. The highest BCUT2D eigenvalue weighted by atomic mass is 31.2. The van der Waals surface area contributed by atoms with Crippen LogP contribution in [0.5, 0.6) is 11.5 Å². The van der Waals surface area contributed by atoms with Crippen molar-refractivity contribution in [1.29, 1.82) is 0 Å². The molecular weight excluding hydrogens is 341 g/mol. The van der Waals surface area contributed by atoms with Gasteiger partial charge in [-0.3, -0.25) is 9.55 Å². The van der Waals surface area contributed by atoms with Gasteiger partial charge in [0.25, 0.3) is 0 Å². The minimum Gasteiger partial charge on any atom is -0.506 e. The van der Waals surface area contributed by atoms with Crippen LogP contribution < -0.4 is 4.74 Å². The maximum atomic E-state index is 10.9. The van der Waals surface area contributed by atoms with Crippen LogP contribution >= 0.6 is 7.60 Å². The van der Waals surface area contributed by atoms with Crippen LogP contribution in [0.4, 0.5) is 0 Å². The van der Waals surface area contributed by atoms with Crippen molar-refractivity contribution in [2.75, 3.05) is 6.35 Å². The predicted octanol–water partition coefficient (Wildman–Crippen LogP) is 3.63. The summed E-state index contributed by atoms with van der Waals surface area (Å²) >= 11 is 0.